The summed E-state index contributed by atoms with van der Waals surface area (Å²) in [6, 6.07) is 0. The molecule has 4 heteroatoms. The molecule has 0 fully saturated rings. The number of halogens is 2. The molecule has 0 saturated heterocycles. The van der Waals surface area contributed by atoms with Gasteiger partial charge in [-0.05, 0) is 18.9 Å². The zero-order valence-corrected chi connectivity index (χ0v) is 11.7. The van der Waals surface area contributed by atoms with Crippen LogP contribution in [-0.2, 0) is 4.79 Å². The van der Waals surface area contributed by atoms with Crippen LogP contribution in [0.3, 0.4) is 0 Å². The summed E-state index contributed by atoms with van der Waals surface area (Å²) in [6.07, 6.45) is 3.37. The summed E-state index contributed by atoms with van der Waals surface area (Å²) in [4.78, 5) is 10.9. The van der Waals surface area contributed by atoms with Gasteiger partial charge in [0.1, 0.15) is 10.3 Å². The molecule has 1 unspecified atom stereocenters. The molecule has 0 bridgehead atoms. The fraction of sp³-hybridized carbons (Fsp3) is 0.700. The molecule has 0 rings (SSSR count). The van der Waals surface area contributed by atoms with Crippen LogP contribution in [0.25, 0.3) is 0 Å². The molecule has 0 aliphatic carbocycles. The first-order valence-corrected chi connectivity index (χ1v) is 9.09. The molecule has 0 aliphatic rings. The number of hydrogen-bond acceptors (Lipinski definition) is 1. The van der Waals surface area contributed by atoms with Gasteiger partial charge in [-0.25, -0.2) is 0 Å². The highest BCUT2D eigenvalue weighted by Crippen LogP contribution is 2.31. The lowest BCUT2D eigenvalue weighted by atomic mass is 10.2. The van der Waals surface area contributed by atoms with E-state index in [-0.39, 0.29) is 5.78 Å². The number of rotatable bonds is 5. The molecule has 1 atom stereocenters. The van der Waals surface area contributed by atoms with Crippen LogP contribution in [0.15, 0.2) is 10.6 Å². The van der Waals surface area contributed by atoms with Crippen molar-refractivity contribution in [2.45, 2.75) is 44.9 Å². The number of allylic oxidation sites excluding steroid dienone is 1. The first-order chi connectivity index (χ1) is 6.23. The van der Waals surface area contributed by atoms with Crippen molar-refractivity contribution in [3.05, 3.63) is 10.6 Å². The lowest BCUT2D eigenvalue weighted by molar-refractivity contribution is -0.117. The molecule has 14 heavy (non-hydrogen) atoms. The van der Waals surface area contributed by atoms with Crippen molar-refractivity contribution in [3.8, 4) is 0 Å². The van der Waals surface area contributed by atoms with E-state index < -0.39 is 8.07 Å². The van der Waals surface area contributed by atoms with Crippen LogP contribution in [0.4, 0.5) is 0 Å². The van der Waals surface area contributed by atoms with Gasteiger partial charge in [-0.1, -0.05) is 48.9 Å². The number of ketones is 1. The van der Waals surface area contributed by atoms with Gasteiger partial charge in [-0.15, -0.1) is 0 Å². The fourth-order valence-electron chi connectivity index (χ4n) is 1.28. The van der Waals surface area contributed by atoms with Crippen molar-refractivity contribution in [1.82, 2.24) is 0 Å². The van der Waals surface area contributed by atoms with Gasteiger partial charge in [-0.2, -0.15) is 0 Å². The van der Waals surface area contributed by atoms with Crippen LogP contribution in [0.2, 0.25) is 25.2 Å². The second kappa shape index (κ2) is 5.94. The lowest BCUT2D eigenvalue weighted by Gasteiger charge is -2.25. The molecular formula is C10H18Cl2OSi. The van der Waals surface area contributed by atoms with Gasteiger partial charge >= 0.3 is 0 Å². The molecule has 0 amide bonds. The van der Waals surface area contributed by atoms with Crippen LogP contribution in [-0.4, -0.2) is 13.9 Å². The minimum Gasteiger partial charge on any atom is -0.300 e. The van der Waals surface area contributed by atoms with Crippen molar-refractivity contribution in [1.29, 1.82) is 0 Å². The highest BCUT2D eigenvalue weighted by atomic mass is 35.5. The number of carbonyl (C=O) groups excluding carboxylic acids is 1. The standard InChI is InChI=1S/C10H18Cl2OSi/c1-8(13)5-6-9(7-10(11)12)14(2,3)4/h7,9H,5-6H2,1-4H3. The Bertz CT molecular complexity index is 227. The highest BCUT2D eigenvalue weighted by Gasteiger charge is 2.25. The molecule has 0 heterocycles. The summed E-state index contributed by atoms with van der Waals surface area (Å²) in [7, 11) is -1.31. The summed E-state index contributed by atoms with van der Waals surface area (Å²) < 4.78 is 0.320. The molecule has 0 aromatic rings. The van der Waals surface area contributed by atoms with E-state index in [4.69, 9.17) is 23.2 Å². The van der Waals surface area contributed by atoms with Crippen molar-refractivity contribution in [3.63, 3.8) is 0 Å². The first-order valence-electron chi connectivity index (χ1n) is 4.75. The topological polar surface area (TPSA) is 17.1 Å². The van der Waals surface area contributed by atoms with Crippen molar-refractivity contribution >= 4 is 37.1 Å². The fourth-order valence-corrected chi connectivity index (χ4v) is 3.47. The minimum absolute atomic E-state index is 0.229. The van der Waals surface area contributed by atoms with E-state index >= 15 is 0 Å². The van der Waals surface area contributed by atoms with Crippen LogP contribution in [0, 0.1) is 0 Å². The van der Waals surface area contributed by atoms with Gasteiger partial charge in [-0.3, -0.25) is 0 Å². The maximum Gasteiger partial charge on any atom is 0.129 e. The smallest absolute Gasteiger partial charge is 0.129 e. The molecule has 0 aromatic carbocycles. The maximum absolute atomic E-state index is 10.9. The summed E-state index contributed by atoms with van der Waals surface area (Å²) in [5, 5.41) is 0. The zero-order valence-electron chi connectivity index (χ0n) is 9.23. The Morgan fingerprint density at radius 3 is 2.14 bits per heavy atom. The zero-order chi connectivity index (χ0) is 11.4. The van der Waals surface area contributed by atoms with Crippen molar-refractivity contribution in [2.75, 3.05) is 0 Å². The first kappa shape index (κ1) is 14.2. The monoisotopic (exact) mass is 252 g/mol. The quantitative estimate of drug-likeness (QED) is 0.664. The Labute approximate surface area is 97.5 Å². The number of Topliss-reactive ketones (excluding diaryl/α,β-unsaturated/α-hetero) is 1. The number of hydrogen-bond donors (Lipinski definition) is 0. The van der Waals surface area contributed by atoms with E-state index in [1.165, 1.54) is 0 Å². The molecule has 1 nitrogen and oxygen atoms in total. The Morgan fingerprint density at radius 2 is 1.86 bits per heavy atom. The van der Waals surface area contributed by atoms with E-state index in [0.29, 0.717) is 16.5 Å². The summed E-state index contributed by atoms with van der Waals surface area (Å²) in [5.74, 6) is 0.229. The molecule has 0 N–H and O–H groups in total. The van der Waals surface area contributed by atoms with Crippen LogP contribution >= 0.6 is 23.2 Å². The predicted octanol–water partition coefficient (Wildman–Crippen LogP) is 4.38. The molecule has 0 radical (unpaired) electrons. The van der Waals surface area contributed by atoms with Gasteiger partial charge in [0.2, 0.25) is 0 Å². The molecule has 0 spiro atoms. The Balaban J connectivity index is 4.42. The lowest BCUT2D eigenvalue weighted by Crippen LogP contribution is -2.27. The van der Waals surface area contributed by atoms with Crippen LogP contribution in [0.5, 0.6) is 0 Å². The van der Waals surface area contributed by atoms with E-state index in [2.05, 4.69) is 19.6 Å². The third-order valence-electron chi connectivity index (χ3n) is 2.25. The van der Waals surface area contributed by atoms with Gasteiger partial charge in [0.15, 0.2) is 0 Å². The Morgan fingerprint density at radius 1 is 1.36 bits per heavy atom. The van der Waals surface area contributed by atoms with Gasteiger partial charge < -0.3 is 4.79 Å². The van der Waals surface area contributed by atoms with Gasteiger partial charge in [0.25, 0.3) is 0 Å². The average molecular weight is 253 g/mol. The van der Waals surface area contributed by atoms with Gasteiger partial charge in [0.05, 0.1) is 8.07 Å². The predicted molar refractivity (Wildman–Crippen MR) is 66.8 cm³/mol. The van der Waals surface area contributed by atoms with E-state index in [9.17, 15) is 4.79 Å². The molecule has 0 aromatic heterocycles. The SMILES string of the molecule is CC(=O)CCC(C=C(Cl)Cl)[Si](C)(C)C. The molecule has 0 aliphatic heterocycles. The van der Waals surface area contributed by atoms with E-state index in [1.807, 2.05) is 6.08 Å². The Hall–Kier alpha value is 0.207. The third kappa shape index (κ3) is 6.63. The number of carbonyl (C=O) groups is 1. The van der Waals surface area contributed by atoms with Crippen molar-refractivity contribution in [2.24, 2.45) is 0 Å². The summed E-state index contributed by atoms with van der Waals surface area (Å²) >= 11 is 11.3. The Kier molecular flexibility index (Phi) is 6.02. The van der Waals surface area contributed by atoms with Crippen molar-refractivity contribution < 1.29 is 4.79 Å². The molecule has 0 saturated carbocycles. The second-order valence-electron chi connectivity index (χ2n) is 4.67. The van der Waals surface area contributed by atoms with E-state index in [1.54, 1.807) is 6.92 Å². The van der Waals surface area contributed by atoms with Crippen LogP contribution < -0.4 is 0 Å². The largest absolute Gasteiger partial charge is 0.300 e. The second-order valence-corrected chi connectivity index (χ2v) is 11.2. The summed E-state index contributed by atoms with van der Waals surface area (Å²) in [6.45, 7) is 8.38. The average Bonchev–Trinajstić information content (AvgIpc) is 1.94. The summed E-state index contributed by atoms with van der Waals surface area (Å²) in [5.41, 5.74) is 0.386. The molecule has 82 valence electrons. The van der Waals surface area contributed by atoms with Crippen LogP contribution in [0.1, 0.15) is 19.8 Å². The normalized spacial score (nSPS) is 13.6. The third-order valence-corrected chi connectivity index (χ3v) is 5.18. The minimum atomic E-state index is -1.31. The van der Waals surface area contributed by atoms with Gasteiger partial charge in [0, 0.05) is 6.42 Å². The van der Waals surface area contributed by atoms with E-state index in [0.717, 1.165) is 6.42 Å². The highest BCUT2D eigenvalue weighted by molar-refractivity contribution is 6.78. The maximum atomic E-state index is 10.9. The molecular weight excluding hydrogens is 235 g/mol.